The lowest BCUT2D eigenvalue weighted by Crippen LogP contribution is -2.41. The predicted molar refractivity (Wildman–Crippen MR) is 89.1 cm³/mol. The molecule has 22 heavy (non-hydrogen) atoms. The van der Waals surface area contributed by atoms with E-state index in [1.165, 1.54) is 0 Å². The number of aliphatic hydroxyl groups is 1. The molecule has 0 aliphatic heterocycles. The van der Waals surface area contributed by atoms with E-state index in [9.17, 15) is 4.79 Å². The molecule has 0 bridgehead atoms. The molecule has 1 rings (SSSR count). The maximum atomic E-state index is 12.6. The SMILES string of the molecule is CCn1nc(C)c(NC(=O)N(CCCO)CC(C)(C)C)c1C. The Morgan fingerprint density at radius 3 is 2.45 bits per heavy atom. The first-order valence-electron chi connectivity index (χ1n) is 7.90. The highest BCUT2D eigenvalue weighted by Crippen LogP contribution is 2.21. The number of carbonyl (C=O) groups is 1. The van der Waals surface area contributed by atoms with Gasteiger partial charge in [-0.2, -0.15) is 5.10 Å². The van der Waals surface area contributed by atoms with Crippen LogP contribution in [0.5, 0.6) is 0 Å². The van der Waals surface area contributed by atoms with E-state index in [1.54, 1.807) is 4.90 Å². The van der Waals surface area contributed by atoms with Gasteiger partial charge < -0.3 is 15.3 Å². The molecular formula is C16H30N4O2. The fraction of sp³-hybridized carbons (Fsp3) is 0.750. The average Bonchev–Trinajstić information content (AvgIpc) is 2.69. The second kappa shape index (κ2) is 7.63. The maximum Gasteiger partial charge on any atom is 0.321 e. The summed E-state index contributed by atoms with van der Waals surface area (Å²) in [5, 5.41) is 16.4. The average molecular weight is 310 g/mol. The number of anilines is 1. The van der Waals surface area contributed by atoms with E-state index in [1.807, 2.05) is 25.5 Å². The Labute approximate surface area is 133 Å². The van der Waals surface area contributed by atoms with Crippen molar-refractivity contribution in [3.63, 3.8) is 0 Å². The van der Waals surface area contributed by atoms with Gasteiger partial charge in [0.05, 0.1) is 17.1 Å². The van der Waals surface area contributed by atoms with Gasteiger partial charge in [-0.05, 0) is 32.6 Å². The topological polar surface area (TPSA) is 70.4 Å². The number of rotatable bonds is 6. The molecular weight excluding hydrogens is 280 g/mol. The van der Waals surface area contributed by atoms with Crippen LogP contribution in [0, 0.1) is 19.3 Å². The Morgan fingerprint density at radius 1 is 1.36 bits per heavy atom. The van der Waals surface area contributed by atoms with Crippen molar-refractivity contribution in [2.24, 2.45) is 5.41 Å². The number of urea groups is 1. The van der Waals surface area contributed by atoms with Gasteiger partial charge in [-0.25, -0.2) is 4.79 Å². The quantitative estimate of drug-likeness (QED) is 0.849. The fourth-order valence-corrected chi connectivity index (χ4v) is 2.46. The largest absolute Gasteiger partial charge is 0.396 e. The number of hydrogen-bond donors (Lipinski definition) is 2. The summed E-state index contributed by atoms with van der Waals surface area (Å²) in [6.45, 7) is 14.2. The molecule has 1 heterocycles. The number of nitrogens with zero attached hydrogens (tertiary/aromatic N) is 3. The molecule has 0 unspecified atom stereocenters. The van der Waals surface area contributed by atoms with Gasteiger partial charge in [0, 0.05) is 26.2 Å². The molecule has 0 fully saturated rings. The van der Waals surface area contributed by atoms with E-state index in [-0.39, 0.29) is 18.1 Å². The van der Waals surface area contributed by atoms with E-state index >= 15 is 0 Å². The summed E-state index contributed by atoms with van der Waals surface area (Å²) in [5.74, 6) is 0. The van der Waals surface area contributed by atoms with Crippen molar-refractivity contribution < 1.29 is 9.90 Å². The van der Waals surface area contributed by atoms with Gasteiger partial charge in [0.2, 0.25) is 0 Å². The molecule has 1 aromatic rings. The molecule has 0 saturated heterocycles. The summed E-state index contributed by atoms with van der Waals surface area (Å²) in [5.41, 5.74) is 2.58. The van der Waals surface area contributed by atoms with Crippen molar-refractivity contribution in [3.8, 4) is 0 Å². The Morgan fingerprint density at radius 2 is 2.00 bits per heavy atom. The molecule has 0 aliphatic rings. The third kappa shape index (κ3) is 5.02. The van der Waals surface area contributed by atoms with Gasteiger partial charge in [0.1, 0.15) is 0 Å². The van der Waals surface area contributed by atoms with Crippen molar-refractivity contribution >= 4 is 11.7 Å². The van der Waals surface area contributed by atoms with Crippen LogP contribution in [0.2, 0.25) is 0 Å². The molecule has 0 radical (unpaired) electrons. The molecule has 126 valence electrons. The van der Waals surface area contributed by atoms with Gasteiger partial charge >= 0.3 is 6.03 Å². The van der Waals surface area contributed by atoms with Gasteiger partial charge in [-0.15, -0.1) is 0 Å². The van der Waals surface area contributed by atoms with Crippen LogP contribution >= 0.6 is 0 Å². The van der Waals surface area contributed by atoms with E-state index in [0.29, 0.717) is 19.5 Å². The third-order valence-corrected chi connectivity index (χ3v) is 3.45. The minimum absolute atomic E-state index is 0.00445. The van der Waals surface area contributed by atoms with E-state index in [2.05, 4.69) is 31.2 Å². The van der Waals surface area contributed by atoms with Gasteiger partial charge in [0.25, 0.3) is 0 Å². The molecule has 6 heteroatoms. The smallest absolute Gasteiger partial charge is 0.321 e. The standard InChI is InChI=1S/C16H30N4O2/c1-7-20-13(3)14(12(2)18-20)17-15(22)19(9-8-10-21)11-16(4,5)6/h21H,7-11H2,1-6H3,(H,17,22). The van der Waals surface area contributed by atoms with Crippen LogP contribution < -0.4 is 5.32 Å². The summed E-state index contributed by atoms with van der Waals surface area (Å²) < 4.78 is 1.88. The highest BCUT2D eigenvalue weighted by molar-refractivity contribution is 5.90. The molecule has 6 nitrogen and oxygen atoms in total. The number of carbonyl (C=O) groups excluding carboxylic acids is 1. The Bertz CT molecular complexity index is 503. The van der Waals surface area contributed by atoms with Crippen LogP contribution in [0.25, 0.3) is 0 Å². The maximum absolute atomic E-state index is 12.6. The second-order valence-electron chi connectivity index (χ2n) is 6.85. The monoisotopic (exact) mass is 310 g/mol. The molecule has 0 atom stereocenters. The van der Waals surface area contributed by atoms with Crippen molar-refractivity contribution in [2.45, 2.75) is 54.5 Å². The van der Waals surface area contributed by atoms with Crippen molar-refractivity contribution in [3.05, 3.63) is 11.4 Å². The molecule has 2 N–H and O–H groups in total. The Hall–Kier alpha value is -1.56. The summed E-state index contributed by atoms with van der Waals surface area (Å²) in [4.78, 5) is 14.4. The van der Waals surface area contributed by atoms with Crippen LogP contribution in [0.4, 0.5) is 10.5 Å². The number of nitrogens with one attached hydrogen (secondary N) is 1. The number of aromatic nitrogens is 2. The van der Waals surface area contributed by atoms with E-state index < -0.39 is 0 Å². The normalized spacial score (nSPS) is 11.6. The Kier molecular flexibility index (Phi) is 6.41. The number of aryl methyl sites for hydroxylation is 2. The van der Waals surface area contributed by atoms with Crippen LogP contribution in [-0.2, 0) is 6.54 Å². The lowest BCUT2D eigenvalue weighted by atomic mass is 9.96. The molecule has 0 aromatic carbocycles. The lowest BCUT2D eigenvalue weighted by molar-refractivity contribution is 0.176. The van der Waals surface area contributed by atoms with Crippen molar-refractivity contribution in [1.82, 2.24) is 14.7 Å². The Balaban J connectivity index is 2.88. The zero-order valence-corrected chi connectivity index (χ0v) is 14.7. The lowest BCUT2D eigenvalue weighted by Gasteiger charge is -2.30. The van der Waals surface area contributed by atoms with Crippen LogP contribution in [0.1, 0.15) is 45.5 Å². The zero-order valence-electron chi connectivity index (χ0n) is 14.7. The van der Waals surface area contributed by atoms with Gasteiger partial charge in [-0.3, -0.25) is 4.68 Å². The molecule has 2 amide bonds. The summed E-state index contributed by atoms with van der Waals surface area (Å²) in [7, 11) is 0. The second-order valence-corrected chi connectivity index (χ2v) is 6.85. The summed E-state index contributed by atoms with van der Waals surface area (Å²) >= 11 is 0. The van der Waals surface area contributed by atoms with Crippen molar-refractivity contribution in [2.75, 3.05) is 25.0 Å². The first-order valence-corrected chi connectivity index (χ1v) is 7.90. The van der Waals surface area contributed by atoms with Crippen LogP contribution in [0.15, 0.2) is 0 Å². The highest BCUT2D eigenvalue weighted by Gasteiger charge is 2.22. The third-order valence-electron chi connectivity index (χ3n) is 3.45. The summed E-state index contributed by atoms with van der Waals surface area (Å²) in [6, 6.07) is -0.134. The number of hydrogen-bond acceptors (Lipinski definition) is 3. The first-order chi connectivity index (χ1) is 10.2. The van der Waals surface area contributed by atoms with Crippen LogP contribution in [-0.4, -0.2) is 45.5 Å². The van der Waals surface area contributed by atoms with Gasteiger partial charge in [0.15, 0.2) is 0 Å². The summed E-state index contributed by atoms with van der Waals surface area (Å²) in [6.07, 6.45) is 0.579. The molecule has 0 aliphatic carbocycles. The highest BCUT2D eigenvalue weighted by atomic mass is 16.3. The number of aliphatic hydroxyl groups excluding tert-OH is 1. The van der Waals surface area contributed by atoms with Crippen LogP contribution in [0.3, 0.4) is 0 Å². The minimum atomic E-state index is -0.134. The van der Waals surface area contributed by atoms with Gasteiger partial charge in [-0.1, -0.05) is 20.8 Å². The predicted octanol–water partition coefficient (Wildman–Crippen LogP) is 2.78. The van der Waals surface area contributed by atoms with E-state index in [4.69, 9.17) is 5.11 Å². The molecule has 1 aromatic heterocycles. The molecule has 0 saturated carbocycles. The fourth-order valence-electron chi connectivity index (χ4n) is 2.46. The number of amides is 2. The van der Waals surface area contributed by atoms with E-state index in [0.717, 1.165) is 23.6 Å². The first kappa shape index (κ1) is 18.5. The minimum Gasteiger partial charge on any atom is -0.396 e. The van der Waals surface area contributed by atoms with Crippen molar-refractivity contribution in [1.29, 1.82) is 0 Å². The molecule has 0 spiro atoms. The zero-order chi connectivity index (χ0) is 16.9.